The molecule has 0 spiro atoms. The highest BCUT2D eigenvalue weighted by Crippen LogP contribution is 2.26. The van der Waals surface area contributed by atoms with Crippen LogP contribution >= 0.6 is 11.6 Å². The molecule has 0 amide bonds. The summed E-state index contributed by atoms with van der Waals surface area (Å²) in [5.41, 5.74) is 1.63. The van der Waals surface area contributed by atoms with Gasteiger partial charge in [-0.2, -0.15) is 0 Å². The number of benzene rings is 1. The molecule has 2 aromatic rings. The summed E-state index contributed by atoms with van der Waals surface area (Å²) >= 11 is 5.82. The third-order valence-corrected chi connectivity index (χ3v) is 2.75. The van der Waals surface area contributed by atoms with Crippen molar-refractivity contribution in [3.05, 3.63) is 40.9 Å². The molecule has 94 valence electrons. The highest BCUT2D eigenvalue weighted by Gasteiger charge is 2.12. The summed E-state index contributed by atoms with van der Waals surface area (Å²) < 4.78 is 5.57. The first-order chi connectivity index (χ1) is 8.56. The minimum absolute atomic E-state index is 0.0139. The standard InChI is InChI=1S/C13H12ClNO3/c1-8-13(9-2-4-10(14)5-3-9)18-11(15-8)6-7-12(16)17/h2-5H,6-7H2,1H3,(H,16,17). The number of hydrogen-bond donors (Lipinski definition) is 1. The van der Waals surface area contributed by atoms with Crippen LogP contribution in [0.1, 0.15) is 18.0 Å². The van der Waals surface area contributed by atoms with E-state index < -0.39 is 5.97 Å². The molecule has 0 unspecified atom stereocenters. The minimum atomic E-state index is -0.862. The first-order valence-corrected chi connectivity index (χ1v) is 5.88. The van der Waals surface area contributed by atoms with Gasteiger partial charge in [-0.15, -0.1) is 0 Å². The lowest BCUT2D eigenvalue weighted by Gasteiger charge is -1.97. The van der Waals surface area contributed by atoms with Crippen molar-refractivity contribution in [3.8, 4) is 11.3 Å². The summed E-state index contributed by atoms with van der Waals surface area (Å²) in [6, 6.07) is 7.24. The molecule has 4 nitrogen and oxygen atoms in total. The van der Waals surface area contributed by atoms with Crippen LogP contribution in [0.2, 0.25) is 5.02 Å². The van der Waals surface area contributed by atoms with Crippen LogP contribution < -0.4 is 0 Å². The summed E-state index contributed by atoms with van der Waals surface area (Å²) in [6.07, 6.45) is 0.309. The maximum Gasteiger partial charge on any atom is 0.303 e. The van der Waals surface area contributed by atoms with Crippen molar-refractivity contribution in [2.75, 3.05) is 0 Å². The largest absolute Gasteiger partial charge is 0.481 e. The third-order valence-electron chi connectivity index (χ3n) is 2.50. The molecule has 1 aromatic carbocycles. The van der Waals surface area contributed by atoms with Crippen molar-refractivity contribution < 1.29 is 14.3 Å². The number of carbonyl (C=O) groups is 1. The zero-order valence-corrected chi connectivity index (χ0v) is 10.6. The van der Waals surface area contributed by atoms with Gasteiger partial charge >= 0.3 is 5.97 Å². The van der Waals surface area contributed by atoms with Gasteiger partial charge in [0.1, 0.15) is 0 Å². The number of halogens is 1. The van der Waals surface area contributed by atoms with Crippen LogP contribution in [-0.2, 0) is 11.2 Å². The molecule has 0 bridgehead atoms. The van der Waals surface area contributed by atoms with E-state index in [9.17, 15) is 4.79 Å². The first-order valence-electron chi connectivity index (χ1n) is 5.50. The molecule has 0 aliphatic rings. The number of carboxylic acids is 1. The molecule has 5 heteroatoms. The van der Waals surface area contributed by atoms with Gasteiger partial charge in [0.2, 0.25) is 0 Å². The normalized spacial score (nSPS) is 10.6. The summed E-state index contributed by atoms with van der Waals surface area (Å²) in [7, 11) is 0. The molecule has 0 atom stereocenters. The monoisotopic (exact) mass is 265 g/mol. The van der Waals surface area contributed by atoms with Crippen LogP contribution in [0.3, 0.4) is 0 Å². The van der Waals surface area contributed by atoms with Gasteiger partial charge in [0.05, 0.1) is 12.1 Å². The Kier molecular flexibility index (Phi) is 3.67. The molecule has 1 N–H and O–H groups in total. The molecule has 0 radical (unpaired) electrons. The van der Waals surface area contributed by atoms with Crippen LogP contribution in [0, 0.1) is 6.92 Å². The second kappa shape index (κ2) is 5.23. The maximum absolute atomic E-state index is 10.5. The fraction of sp³-hybridized carbons (Fsp3) is 0.231. The van der Waals surface area contributed by atoms with Crippen LogP contribution in [0.15, 0.2) is 28.7 Å². The quantitative estimate of drug-likeness (QED) is 0.921. The Bertz CT molecular complexity index is 560. The van der Waals surface area contributed by atoms with Gasteiger partial charge in [0.15, 0.2) is 11.7 Å². The van der Waals surface area contributed by atoms with Crippen molar-refractivity contribution in [1.29, 1.82) is 0 Å². The first kappa shape index (κ1) is 12.6. The van der Waals surface area contributed by atoms with Crippen LogP contribution in [0.4, 0.5) is 0 Å². The van der Waals surface area contributed by atoms with Gasteiger partial charge in [0.25, 0.3) is 0 Å². The number of rotatable bonds is 4. The number of oxazole rings is 1. The van der Waals surface area contributed by atoms with Gasteiger partial charge in [-0.3, -0.25) is 4.79 Å². The van der Waals surface area contributed by atoms with E-state index in [1.165, 1.54) is 0 Å². The molecule has 0 saturated carbocycles. The smallest absolute Gasteiger partial charge is 0.303 e. The van der Waals surface area contributed by atoms with E-state index in [0.717, 1.165) is 11.3 Å². The molecule has 1 heterocycles. The molecule has 2 rings (SSSR count). The predicted octanol–water partition coefficient (Wildman–Crippen LogP) is 3.32. The van der Waals surface area contributed by atoms with Crippen LogP contribution in [0.5, 0.6) is 0 Å². The van der Waals surface area contributed by atoms with E-state index in [0.29, 0.717) is 23.1 Å². The van der Waals surface area contributed by atoms with E-state index in [2.05, 4.69) is 4.98 Å². The fourth-order valence-corrected chi connectivity index (χ4v) is 1.77. The van der Waals surface area contributed by atoms with Crippen LogP contribution in [-0.4, -0.2) is 16.1 Å². The maximum atomic E-state index is 10.5. The Morgan fingerprint density at radius 2 is 2.06 bits per heavy atom. The lowest BCUT2D eigenvalue weighted by atomic mass is 10.1. The van der Waals surface area contributed by atoms with E-state index in [4.69, 9.17) is 21.1 Å². The number of carboxylic acid groups (broad SMARTS) is 1. The molecule has 1 aromatic heterocycles. The topological polar surface area (TPSA) is 63.3 Å². The molecule has 0 fully saturated rings. The van der Waals surface area contributed by atoms with Gasteiger partial charge in [0, 0.05) is 17.0 Å². The number of nitrogens with zero attached hydrogens (tertiary/aromatic N) is 1. The fourth-order valence-electron chi connectivity index (χ4n) is 1.64. The average Bonchev–Trinajstić information content (AvgIpc) is 2.69. The molecular weight excluding hydrogens is 254 g/mol. The van der Waals surface area contributed by atoms with E-state index in [-0.39, 0.29) is 6.42 Å². The Labute approximate surface area is 109 Å². The highest BCUT2D eigenvalue weighted by molar-refractivity contribution is 6.30. The molecular formula is C13H12ClNO3. The van der Waals surface area contributed by atoms with E-state index in [1.807, 2.05) is 19.1 Å². The number of aliphatic carboxylic acids is 1. The van der Waals surface area contributed by atoms with Crippen molar-refractivity contribution in [1.82, 2.24) is 4.98 Å². The van der Waals surface area contributed by atoms with Gasteiger partial charge in [-0.25, -0.2) is 4.98 Å². The number of hydrogen-bond acceptors (Lipinski definition) is 3. The van der Waals surface area contributed by atoms with Crippen molar-refractivity contribution in [3.63, 3.8) is 0 Å². The molecule has 18 heavy (non-hydrogen) atoms. The lowest BCUT2D eigenvalue weighted by molar-refractivity contribution is -0.137. The third kappa shape index (κ3) is 2.90. The second-order valence-electron chi connectivity index (χ2n) is 3.92. The van der Waals surface area contributed by atoms with Gasteiger partial charge in [-0.1, -0.05) is 11.6 Å². The molecule has 0 aliphatic heterocycles. The zero-order valence-electron chi connectivity index (χ0n) is 9.81. The van der Waals surface area contributed by atoms with Crippen molar-refractivity contribution in [2.24, 2.45) is 0 Å². The second-order valence-corrected chi connectivity index (χ2v) is 4.36. The van der Waals surface area contributed by atoms with Gasteiger partial charge < -0.3 is 9.52 Å². The van der Waals surface area contributed by atoms with Gasteiger partial charge in [-0.05, 0) is 31.2 Å². The Morgan fingerprint density at radius 3 is 2.67 bits per heavy atom. The molecule has 0 aliphatic carbocycles. The predicted molar refractivity (Wildman–Crippen MR) is 67.6 cm³/mol. The summed E-state index contributed by atoms with van der Waals surface area (Å²) in [5.74, 6) is 0.241. The zero-order chi connectivity index (χ0) is 13.1. The number of aryl methyl sites for hydroxylation is 2. The summed E-state index contributed by atoms with van der Waals surface area (Å²) in [6.45, 7) is 1.83. The highest BCUT2D eigenvalue weighted by atomic mass is 35.5. The summed E-state index contributed by atoms with van der Waals surface area (Å²) in [5, 5.41) is 9.27. The Hall–Kier alpha value is -1.81. The average molecular weight is 266 g/mol. The van der Waals surface area contributed by atoms with Crippen molar-refractivity contribution >= 4 is 17.6 Å². The van der Waals surface area contributed by atoms with E-state index >= 15 is 0 Å². The van der Waals surface area contributed by atoms with Crippen LogP contribution in [0.25, 0.3) is 11.3 Å². The Morgan fingerprint density at radius 1 is 1.39 bits per heavy atom. The summed E-state index contributed by atoms with van der Waals surface area (Å²) in [4.78, 5) is 14.7. The SMILES string of the molecule is Cc1nc(CCC(=O)O)oc1-c1ccc(Cl)cc1. The number of aromatic nitrogens is 1. The minimum Gasteiger partial charge on any atom is -0.481 e. The lowest BCUT2D eigenvalue weighted by Crippen LogP contribution is -1.97. The Balaban J connectivity index is 2.23. The molecule has 0 saturated heterocycles. The van der Waals surface area contributed by atoms with E-state index in [1.54, 1.807) is 12.1 Å². The van der Waals surface area contributed by atoms with Crippen molar-refractivity contribution in [2.45, 2.75) is 19.8 Å².